The molecular formula is C12H11F. The van der Waals surface area contributed by atoms with Gasteiger partial charge in [0.15, 0.2) is 0 Å². The second-order valence-corrected chi connectivity index (χ2v) is 3.42. The molecule has 0 heterocycles. The summed E-state index contributed by atoms with van der Waals surface area (Å²) in [5.74, 6) is -0.117. The molecule has 0 nitrogen and oxygen atoms in total. The number of benzene rings is 2. The summed E-state index contributed by atoms with van der Waals surface area (Å²) in [5, 5.41) is 1.73. The first-order chi connectivity index (χ1) is 6.18. The third kappa shape index (κ3) is 1.31. The molecule has 0 saturated heterocycles. The van der Waals surface area contributed by atoms with Gasteiger partial charge in [-0.1, -0.05) is 24.3 Å². The van der Waals surface area contributed by atoms with Gasteiger partial charge in [0.05, 0.1) is 0 Å². The smallest absolute Gasteiger partial charge is 0.131 e. The van der Waals surface area contributed by atoms with Gasteiger partial charge in [-0.25, -0.2) is 4.39 Å². The highest BCUT2D eigenvalue weighted by atomic mass is 19.1. The Morgan fingerprint density at radius 1 is 1.08 bits per heavy atom. The van der Waals surface area contributed by atoms with E-state index in [9.17, 15) is 4.39 Å². The van der Waals surface area contributed by atoms with Crippen LogP contribution >= 0.6 is 0 Å². The molecule has 2 aromatic carbocycles. The highest BCUT2D eigenvalue weighted by Crippen LogP contribution is 2.22. The third-order valence-electron chi connectivity index (χ3n) is 2.28. The molecule has 0 unspecified atom stereocenters. The van der Waals surface area contributed by atoms with Crippen molar-refractivity contribution in [2.45, 2.75) is 13.8 Å². The summed E-state index contributed by atoms with van der Waals surface area (Å²) in [6, 6.07) is 9.41. The Kier molecular flexibility index (Phi) is 1.80. The van der Waals surface area contributed by atoms with Crippen molar-refractivity contribution in [1.82, 2.24) is 0 Å². The average Bonchev–Trinajstić information content (AvgIpc) is 2.02. The van der Waals surface area contributed by atoms with Crippen molar-refractivity contribution in [1.29, 1.82) is 0 Å². The van der Waals surface area contributed by atoms with E-state index in [1.165, 1.54) is 0 Å². The number of rotatable bonds is 0. The fraction of sp³-hybridized carbons (Fsp3) is 0.167. The highest BCUT2D eigenvalue weighted by molar-refractivity contribution is 5.86. The number of aryl methyl sites for hydroxylation is 2. The molecule has 0 aromatic heterocycles. The summed E-state index contributed by atoms with van der Waals surface area (Å²) in [7, 11) is 0. The van der Waals surface area contributed by atoms with E-state index in [4.69, 9.17) is 0 Å². The molecule has 0 bridgehead atoms. The molecular weight excluding hydrogens is 163 g/mol. The van der Waals surface area contributed by atoms with Crippen molar-refractivity contribution >= 4 is 10.8 Å². The first kappa shape index (κ1) is 8.24. The highest BCUT2D eigenvalue weighted by Gasteiger charge is 2.03. The summed E-state index contributed by atoms with van der Waals surface area (Å²) in [6.45, 7) is 3.84. The molecule has 0 aliphatic carbocycles. The van der Waals surface area contributed by atoms with Crippen LogP contribution in [0.1, 0.15) is 11.1 Å². The molecule has 0 amide bonds. The van der Waals surface area contributed by atoms with Gasteiger partial charge in [0.25, 0.3) is 0 Å². The number of fused-ring (bicyclic) bond motifs is 1. The van der Waals surface area contributed by atoms with E-state index in [1.54, 1.807) is 6.07 Å². The Hall–Kier alpha value is -1.37. The van der Waals surface area contributed by atoms with E-state index >= 15 is 0 Å². The lowest BCUT2D eigenvalue weighted by Gasteiger charge is -2.04. The summed E-state index contributed by atoms with van der Waals surface area (Å²) in [6.07, 6.45) is 0. The quantitative estimate of drug-likeness (QED) is 0.572. The Balaban J connectivity index is 2.94. The van der Waals surface area contributed by atoms with Gasteiger partial charge in [-0.3, -0.25) is 0 Å². The predicted molar refractivity (Wildman–Crippen MR) is 53.4 cm³/mol. The van der Waals surface area contributed by atoms with Crippen molar-refractivity contribution in [3.63, 3.8) is 0 Å². The Morgan fingerprint density at radius 2 is 1.85 bits per heavy atom. The molecule has 0 aliphatic rings. The molecule has 0 spiro atoms. The van der Waals surface area contributed by atoms with Crippen LogP contribution in [0.2, 0.25) is 0 Å². The zero-order chi connectivity index (χ0) is 9.42. The lowest BCUT2D eigenvalue weighted by atomic mass is 10.0. The summed E-state index contributed by atoms with van der Waals surface area (Å²) < 4.78 is 13.5. The van der Waals surface area contributed by atoms with Gasteiger partial charge in [-0.05, 0) is 36.4 Å². The Morgan fingerprint density at radius 3 is 2.62 bits per heavy atom. The molecule has 2 rings (SSSR count). The Bertz CT molecular complexity index is 458. The molecule has 0 saturated carbocycles. The van der Waals surface area contributed by atoms with Crippen LogP contribution in [0.4, 0.5) is 4.39 Å². The van der Waals surface area contributed by atoms with Crippen LogP contribution in [0.25, 0.3) is 10.8 Å². The third-order valence-corrected chi connectivity index (χ3v) is 2.28. The van der Waals surface area contributed by atoms with Gasteiger partial charge in [-0.15, -0.1) is 0 Å². The molecule has 1 heteroatoms. The lowest BCUT2D eigenvalue weighted by molar-refractivity contribution is 0.638. The zero-order valence-electron chi connectivity index (χ0n) is 7.76. The molecule has 0 atom stereocenters. The van der Waals surface area contributed by atoms with Crippen LogP contribution in [0.3, 0.4) is 0 Å². The monoisotopic (exact) mass is 174 g/mol. The summed E-state index contributed by atoms with van der Waals surface area (Å²) in [5.41, 5.74) is 1.96. The second kappa shape index (κ2) is 2.84. The topological polar surface area (TPSA) is 0 Å². The fourth-order valence-electron chi connectivity index (χ4n) is 1.70. The summed E-state index contributed by atoms with van der Waals surface area (Å²) >= 11 is 0. The van der Waals surface area contributed by atoms with Gasteiger partial charge in [-0.2, -0.15) is 0 Å². The Labute approximate surface area is 77.0 Å². The lowest BCUT2D eigenvalue weighted by Crippen LogP contribution is -1.85. The van der Waals surface area contributed by atoms with Crippen LogP contribution in [-0.4, -0.2) is 0 Å². The van der Waals surface area contributed by atoms with Crippen LogP contribution < -0.4 is 0 Å². The SMILES string of the molecule is Cc1cc(F)c2c(C)cccc2c1. The molecule has 2 aromatic rings. The van der Waals surface area contributed by atoms with E-state index in [-0.39, 0.29) is 5.82 Å². The van der Waals surface area contributed by atoms with E-state index in [2.05, 4.69) is 0 Å². The maximum absolute atomic E-state index is 13.5. The van der Waals surface area contributed by atoms with Gasteiger partial charge in [0, 0.05) is 5.39 Å². The maximum Gasteiger partial charge on any atom is 0.131 e. The van der Waals surface area contributed by atoms with Crippen molar-refractivity contribution in [3.05, 3.63) is 47.3 Å². The molecule has 66 valence electrons. The minimum atomic E-state index is -0.117. The van der Waals surface area contributed by atoms with Gasteiger partial charge in [0.2, 0.25) is 0 Å². The standard InChI is InChI=1S/C12H11F/c1-8-6-10-5-3-4-9(2)12(10)11(13)7-8/h3-7H,1-2H3. The molecule has 0 radical (unpaired) electrons. The molecule has 13 heavy (non-hydrogen) atoms. The first-order valence-corrected chi connectivity index (χ1v) is 4.34. The minimum absolute atomic E-state index is 0.117. The van der Waals surface area contributed by atoms with Crippen molar-refractivity contribution in [2.24, 2.45) is 0 Å². The largest absolute Gasteiger partial charge is 0.206 e. The van der Waals surface area contributed by atoms with Crippen LogP contribution in [0.15, 0.2) is 30.3 Å². The molecule has 0 N–H and O–H groups in total. The van der Waals surface area contributed by atoms with Gasteiger partial charge < -0.3 is 0 Å². The van der Waals surface area contributed by atoms with Crippen molar-refractivity contribution < 1.29 is 4.39 Å². The normalized spacial score (nSPS) is 10.7. The van der Waals surface area contributed by atoms with E-state index in [0.29, 0.717) is 0 Å². The van der Waals surface area contributed by atoms with Crippen LogP contribution in [-0.2, 0) is 0 Å². The van der Waals surface area contributed by atoms with E-state index in [1.807, 2.05) is 38.1 Å². The maximum atomic E-state index is 13.5. The van der Waals surface area contributed by atoms with E-state index < -0.39 is 0 Å². The molecule has 0 fully saturated rings. The van der Waals surface area contributed by atoms with Gasteiger partial charge >= 0.3 is 0 Å². The fourth-order valence-corrected chi connectivity index (χ4v) is 1.70. The van der Waals surface area contributed by atoms with Crippen LogP contribution in [0, 0.1) is 19.7 Å². The number of hydrogen-bond acceptors (Lipinski definition) is 0. The zero-order valence-corrected chi connectivity index (χ0v) is 7.76. The van der Waals surface area contributed by atoms with Gasteiger partial charge in [0.1, 0.15) is 5.82 Å². The first-order valence-electron chi connectivity index (χ1n) is 4.34. The van der Waals surface area contributed by atoms with Crippen molar-refractivity contribution in [2.75, 3.05) is 0 Å². The summed E-state index contributed by atoms with van der Waals surface area (Å²) in [4.78, 5) is 0. The predicted octanol–water partition coefficient (Wildman–Crippen LogP) is 3.60. The second-order valence-electron chi connectivity index (χ2n) is 3.42. The number of hydrogen-bond donors (Lipinski definition) is 0. The van der Waals surface area contributed by atoms with Crippen LogP contribution in [0.5, 0.6) is 0 Å². The van der Waals surface area contributed by atoms with Crippen molar-refractivity contribution in [3.8, 4) is 0 Å². The van der Waals surface area contributed by atoms with E-state index in [0.717, 1.165) is 21.9 Å². The molecule has 0 aliphatic heterocycles. The number of halogens is 1. The average molecular weight is 174 g/mol. The minimum Gasteiger partial charge on any atom is -0.206 e.